The number of esters is 1. The van der Waals surface area contributed by atoms with Crippen LogP contribution in [0, 0.1) is 11.6 Å². The Morgan fingerprint density at radius 2 is 1.42 bits per heavy atom. The van der Waals surface area contributed by atoms with Gasteiger partial charge in [0.25, 0.3) is 0 Å². The number of aliphatic hydroxyl groups excluding tert-OH is 1. The van der Waals surface area contributed by atoms with Crippen molar-refractivity contribution in [2.45, 2.75) is 12.8 Å². The first-order valence-electron chi connectivity index (χ1n) is 12.3. The van der Waals surface area contributed by atoms with Crippen LogP contribution in [0.1, 0.15) is 12.0 Å². The maximum absolute atomic E-state index is 15.2. The normalized spacial score (nSPS) is 10.7. The third kappa shape index (κ3) is 6.72. The van der Waals surface area contributed by atoms with Crippen molar-refractivity contribution in [1.82, 2.24) is 0 Å². The lowest BCUT2D eigenvalue weighted by atomic mass is 9.96. The lowest BCUT2D eigenvalue weighted by Gasteiger charge is -2.11. The van der Waals surface area contributed by atoms with E-state index in [1.165, 1.54) is 12.1 Å². The Morgan fingerprint density at radius 3 is 2.11 bits per heavy atom. The number of aryl methyl sites for hydroxylation is 1. The maximum atomic E-state index is 15.2. The van der Waals surface area contributed by atoms with Crippen LogP contribution in [-0.2, 0) is 16.0 Å². The molecule has 4 aromatic rings. The third-order valence-corrected chi connectivity index (χ3v) is 6.06. The van der Waals surface area contributed by atoms with Crippen LogP contribution in [0.5, 0.6) is 5.75 Å². The number of aliphatic hydroxyl groups is 1. The number of carbonyl (C=O) groups is 1. The van der Waals surface area contributed by atoms with Crippen LogP contribution in [0.25, 0.3) is 33.4 Å². The average Bonchev–Trinajstić information content (AvgIpc) is 2.94. The minimum absolute atomic E-state index is 0.0850. The average molecular weight is 515 g/mol. The van der Waals surface area contributed by atoms with E-state index in [2.05, 4.69) is 6.58 Å². The summed E-state index contributed by atoms with van der Waals surface area (Å²) in [4.78, 5) is 11.2. The molecule has 6 heteroatoms. The highest BCUT2D eigenvalue weighted by Crippen LogP contribution is 2.32. The largest absolute Gasteiger partial charge is 0.491 e. The van der Waals surface area contributed by atoms with Crippen molar-refractivity contribution >= 4 is 5.97 Å². The Bertz CT molecular complexity index is 1410. The lowest BCUT2D eigenvalue weighted by molar-refractivity contribution is -0.137. The molecule has 4 rings (SSSR count). The first-order chi connectivity index (χ1) is 18.5. The van der Waals surface area contributed by atoms with Crippen LogP contribution >= 0.6 is 0 Å². The summed E-state index contributed by atoms with van der Waals surface area (Å²) in [7, 11) is 0. The SMILES string of the molecule is C=CC(=O)OCCCc1cccc(-c2ccc(-c3ccc(-c4ccc(OCCO)cc4)c(F)c3)c(F)c2)c1. The van der Waals surface area contributed by atoms with Gasteiger partial charge in [0.2, 0.25) is 0 Å². The van der Waals surface area contributed by atoms with E-state index in [4.69, 9.17) is 14.6 Å². The standard InChI is InChI=1S/C32H28F2O4/c1-2-32(36)38-17-4-6-22-5-3-7-24(19-22)25-10-14-29(30(33)20-25)26-11-15-28(31(34)21-26)23-8-12-27(13-9-23)37-18-16-35/h2-3,5,7-15,19-21,35H,1,4,6,16-18H2. The number of hydrogen-bond donors (Lipinski definition) is 1. The van der Waals surface area contributed by atoms with Crippen LogP contribution in [0.3, 0.4) is 0 Å². The molecule has 0 spiro atoms. The van der Waals surface area contributed by atoms with E-state index < -0.39 is 17.6 Å². The molecular formula is C32H28F2O4. The molecule has 0 aliphatic heterocycles. The Hall–Kier alpha value is -4.29. The predicted molar refractivity (Wildman–Crippen MR) is 145 cm³/mol. The fourth-order valence-corrected chi connectivity index (χ4v) is 4.15. The van der Waals surface area contributed by atoms with Crippen molar-refractivity contribution in [3.8, 4) is 39.1 Å². The Labute approximate surface area is 220 Å². The van der Waals surface area contributed by atoms with Gasteiger partial charge in [-0.3, -0.25) is 0 Å². The van der Waals surface area contributed by atoms with Gasteiger partial charge in [0.05, 0.1) is 13.2 Å². The summed E-state index contributed by atoms with van der Waals surface area (Å²) in [5.74, 6) is -0.757. The maximum Gasteiger partial charge on any atom is 0.330 e. The van der Waals surface area contributed by atoms with Gasteiger partial charge in [0.1, 0.15) is 24.0 Å². The first kappa shape index (κ1) is 26.8. The zero-order valence-electron chi connectivity index (χ0n) is 20.8. The molecule has 0 aliphatic carbocycles. The Balaban J connectivity index is 1.48. The summed E-state index contributed by atoms with van der Waals surface area (Å²) >= 11 is 0. The molecule has 0 atom stereocenters. The summed E-state index contributed by atoms with van der Waals surface area (Å²) in [6, 6.07) is 24.3. The molecule has 4 nitrogen and oxygen atoms in total. The zero-order valence-corrected chi connectivity index (χ0v) is 20.8. The van der Waals surface area contributed by atoms with Crippen LogP contribution in [0.2, 0.25) is 0 Å². The molecule has 1 N–H and O–H groups in total. The van der Waals surface area contributed by atoms with E-state index in [0.29, 0.717) is 53.0 Å². The number of halogens is 2. The van der Waals surface area contributed by atoms with Gasteiger partial charge in [0.15, 0.2) is 0 Å². The highest BCUT2D eigenvalue weighted by Gasteiger charge is 2.12. The van der Waals surface area contributed by atoms with Gasteiger partial charge in [-0.1, -0.05) is 67.2 Å². The smallest absolute Gasteiger partial charge is 0.330 e. The molecule has 38 heavy (non-hydrogen) atoms. The van der Waals surface area contributed by atoms with E-state index in [1.54, 1.807) is 42.5 Å². The first-order valence-corrected chi connectivity index (χ1v) is 12.3. The van der Waals surface area contributed by atoms with Gasteiger partial charge >= 0.3 is 5.97 Å². The topological polar surface area (TPSA) is 55.8 Å². The molecule has 0 fully saturated rings. The molecule has 0 aliphatic rings. The number of benzene rings is 4. The van der Waals surface area contributed by atoms with E-state index in [0.717, 1.165) is 17.2 Å². The Morgan fingerprint density at radius 1 is 0.789 bits per heavy atom. The summed E-state index contributed by atoms with van der Waals surface area (Å²) in [5, 5.41) is 8.86. The fraction of sp³-hybridized carbons (Fsp3) is 0.156. The van der Waals surface area contributed by atoms with E-state index in [-0.39, 0.29) is 13.2 Å². The summed E-state index contributed by atoms with van der Waals surface area (Å²) in [6.45, 7) is 3.78. The van der Waals surface area contributed by atoms with Crippen LogP contribution in [0.15, 0.2) is 97.6 Å². The van der Waals surface area contributed by atoms with Crippen molar-refractivity contribution in [3.63, 3.8) is 0 Å². The monoisotopic (exact) mass is 514 g/mol. The van der Waals surface area contributed by atoms with Crippen molar-refractivity contribution in [2.24, 2.45) is 0 Å². The molecule has 194 valence electrons. The predicted octanol–water partition coefficient (Wildman–Crippen LogP) is 7.00. The van der Waals surface area contributed by atoms with Crippen LogP contribution in [-0.4, -0.2) is 30.9 Å². The van der Waals surface area contributed by atoms with E-state index >= 15 is 8.78 Å². The second kappa shape index (κ2) is 12.8. The van der Waals surface area contributed by atoms with E-state index in [1.807, 2.05) is 30.3 Å². The molecule has 0 amide bonds. The van der Waals surface area contributed by atoms with Gasteiger partial charge in [-0.05, 0) is 64.9 Å². The third-order valence-electron chi connectivity index (χ3n) is 6.06. The minimum atomic E-state index is -0.457. The number of hydrogen-bond acceptors (Lipinski definition) is 4. The molecule has 0 saturated heterocycles. The minimum Gasteiger partial charge on any atom is -0.491 e. The van der Waals surface area contributed by atoms with Crippen molar-refractivity contribution in [2.75, 3.05) is 19.8 Å². The molecule has 0 heterocycles. The van der Waals surface area contributed by atoms with Gasteiger partial charge in [-0.25, -0.2) is 13.6 Å². The van der Waals surface area contributed by atoms with Gasteiger partial charge in [-0.15, -0.1) is 0 Å². The lowest BCUT2D eigenvalue weighted by Crippen LogP contribution is -2.02. The number of rotatable bonds is 11. The second-order valence-electron chi connectivity index (χ2n) is 8.66. The Kier molecular flexibility index (Phi) is 9.01. The summed E-state index contributed by atoms with van der Waals surface area (Å²) in [5.41, 5.74) is 4.45. The molecular weight excluding hydrogens is 486 g/mol. The van der Waals surface area contributed by atoms with Crippen molar-refractivity contribution in [3.05, 3.63) is 115 Å². The molecule has 0 aromatic heterocycles. The zero-order chi connectivity index (χ0) is 26.9. The van der Waals surface area contributed by atoms with Gasteiger partial charge in [-0.2, -0.15) is 0 Å². The molecule has 0 unspecified atom stereocenters. The summed E-state index contributed by atoms with van der Waals surface area (Å²) < 4.78 is 40.5. The quantitative estimate of drug-likeness (QED) is 0.133. The fourth-order valence-electron chi connectivity index (χ4n) is 4.15. The second-order valence-corrected chi connectivity index (χ2v) is 8.66. The highest BCUT2D eigenvalue weighted by molar-refractivity contribution is 5.81. The molecule has 0 saturated carbocycles. The molecule has 0 radical (unpaired) electrons. The van der Waals surface area contributed by atoms with Gasteiger partial charge < -0.3 is 14.6 Å². The van der Waals surface area contributed by atoms with Crippen LogP contribution < -0.4 is 4.74 Å². The highest BCUT2D eigenvalue weighted by atomic mass is 19.1. The van der Waals surface area contributed by atoms with E-state index in [9.17, 15) is 4.79 Å². The van der Waals surface area contributed by atoms with Crippen LogP contribution in [0.4, 0.5) is 8.78 Å². The van der Waals surface area contributed by atoms with Gasteiger partial charge in [0, 0.05) is 17.2 Å². The number of carbonyl (C=O) groups excluding carboxylic acids is 1. The number of ether oxygens (including phenoxy) is 2. The summed E-state index contributed by atoms with van der Waals surface area (Å²) in [6.07, 6.45) is 2.51. The molecule has 4 aromatic carbocycles. The van der Waals surface area contributed by atoms with Crippen molar-refractivity contribution < 1.29 is 28.2 Å². The molecule has 0 bridgehead atoms. The van der Waals surface area contributed by atoms with Crippen molar-refractivity contribution in [1.29, 1.82) is 0 Å².